The average Bonchev–Trinajstić information content (AvgIpc) is 2.68. The van der Waals surface area contributed by atoms with E-state index in [0.29, 0.717) is 39.6 Å². The van der Waals surface area contributed by atoms with Gasteiger partial charge in [-0.1, -0.05) is 20.8 Å². The highest BCUT2D eigenvalue weighted by atomic mass is 16.6. The smallest absolute Gasteiger partial charge is 0.302 e. The predicted octanol–water partition coefficient (Wildman–Crippen LogP) is 2.93. The van der Waals surface area contributed by atoms with Crippen LogP contribution in [0.2, 0.25) is 0 Å². The van der Waals surface area contributed by atoms with E-state index in [-0.39, 0.29) is 17.9 Å². The van der Waals surface area contributed by atoms with Crippen molar-refractivity contribution in [1.82, 2.24) is 0 Å². The van der Waals surface area contributed by atoms with Crippen molar-refractivity contribution in [2.45, 2.75) is 60.8 Å². The quantitative estimate of drug-likeness (QED) is 0.217. The Bertz CT molecular complexity index is 330. The fraction of sp³-hybridized carbons (Fsp3) is 0.857. The minimum atomic E-state index is -0.250. The number of ether oxygens (including phenoxy) is 6. The molecular formula is C21H42O9. The summed E-state index contributed by atoms with van der Waals surface area (Å²) in [5.41, 5.74) is 0. The molecule has 9 nitrogen and oxygen atoms in total. The highest BCUT2D eigenvalue weighted by Crippen LogP contribution is 1.83. The van der Waals surface area contributed by atoms with Crippen LogP contribution in [0.4, 0.5) is 0 Å². The Morgan fingerprint density at radius 1 is 0.433 bits per heavy atom. The first-order chi connectivity index (χ1) is 14.3. The monoisotopic (exact) mass is 438 g/mol. The van der Waals surface area contributed by atoms with Crippen molar-refractivity contribution in [3.8, 4) is 0 Å². The van der Waals surface area contributed by atoms with Gasteiger partial charge in [-0.3, -0.25) is 14.4 Å². The summed E-state index contributed by atoms with van der Waals surface area (Å²) in [6.07, 6.45) is 3.00. The zero-order valence-corrected chi connectivity index (χ0v) is 19.7. The van der Waals surface area contributed by atoms with Gasteiger partial charge in [0.1, 0.15) is 19.8 Å². The van der Waals surface area contributed by atoms with Crippen LogP contribution in [-0.4, -0.2) is 77.4 Å². The molecule has 0 N–H and O–H groups in total. The van der Waals surface area contributed by atoms with Crippen molar-refractivity contribution in [3.05, 3.63) is 0 Å². The van der Waals surface area contributed by atoms with Gasteiger partial charge in [0.2, 0.25) is 0 Å². The number of hydrogen-bond donors (Lipinski definition) is 0. The summed E-state index contributed by atoms with van der Waals surface area (Å²) in [7, 11) is 0. The van der Waals surface area contributed by atoms with Crippen LogP contribution in [0, 0.1) is 0 Å². The SMILES string of the molecule is CCCOCCOC(C)=O.CCCOCCOC(C)=O.CCCOCCOC(C)=O. The predicted molar refractivity (Wildman–Crippen MR) is 113 cm³/mol. The lowest BCUT2D eigenvalue weighted by Gasteiger charge is -2.01. The number of carbonyl (C=O) groups excluding carboxylic acids is 3. The zero-order chi connectivity index (χ0) is 23.5. The molecule has 180 valence electrons. The largest absolute Gasteiger partial charge is 0.463 e. The molecule has 30 heavy (non-hydrogen) atoms. The molecule has 0 aromatic heterocycles. The Labute approximate surface area is 181 Å². The van der Waals surface area contributed by atoms with E-state index < -0.39 is 0 Å². The molecule has 0 heterocycles. The molecule has 0 aliphatic heterocycles. The molecule has 0 aliphatic rings. The summed E-state index contributed by atoms with van der Waals surface area (Å²) in [5.74, 6) is -0.750. The molecule has 0 bridgehead atoms. The molecule has 0 aromatic carbocycles. The maximum Gasteiger partial charge on any atom is 0.302 e. The average molecular weight is 439 g/mol. The molecule has 0 atom stereocenters. The maximum absolute atomic E-state index is 10.2. The van der Waals surface area contributed by atoms with E-state index in [1.54, 1.807) is 0 Å². The van der Waals surface area contributed by atoms with Crippen LogP contribution in [-0.2, 0) is 42.8 Å². The van der Waals surface area contributed by atoms with Gasteiger partial charge in [0.15, 0.2) is 0 Å². The number of esters is 3. The third-order valence-electron chi connectivity index (χ3n) is 2.64. The second-order valence-corrected chi connectivity index (χ2v) is 5.86. The van der Waals surface area contributed by atoms with Gasteiger partial charge in [0, 0.05) is 40.6 Å². The lowest BCUT2D eigenvalue weighted by molar-refractivity contribution is -0.143. The van der Waals surface area contributed by atoms with Crippen molar-refractivity contribution in [2.24, 2.45) is 0 Å². The van der Waals surface area contributed by atoms with E-state index in [9.17, 15) is 14.4 Å². The first kappa shape index (κ1) is 32.9. The molecule has 9 heteroatoms. The van der Waals surface area contributed by atoms with Crippen molar-refractivity contribution in [2.75, 3.05) is 59.5 Å². The van der Waals surface area contributed by atoms with E-state index in [4.69, 9.17) is 14.2 Å². The molecule has 0 aromatic rings. The Balaban J connectivity index is -0.000000364. The summed E-state index contributed by atoms with van der Waals surface area (Å²) in [4.78, 5) is 30.6. The highest BCUT2D eigenvalue weighted by molar-refractivity contribution is 5.66. The lowest BCUT2D eigenvalue weighted by Crippen LogP contribution is -2.07. The number of hydrogen-bond acceptors (Lipinski definition) is 9. The topological polar surface area (TPSA) is 107 Å². The number of carbonyl (C=O) groups is 3. The van der Waals surface area contributed by atoms with Gasteiger partial charge >= 0.3 is 17.9 Å². The Morgan fingerprint density at radius 2 is 0.667 bits per heavy atom. The molecular weight excluding hydrogens is 396 g/mol. The van der Waals surface area contributed by atoms with Crippen molar-refractivity contribution in [3.63, 3.8) is 0 Å². The third kappa shape index (κ3) is 45.2. The Morgan fingerprint density at radius 3 is 0.833 bits per heavy atom. The van der Waals surface area contributed by atoms with Gasteiger partial charge < -0.3 is 28.4 Å². The first-order valence-corrected chi connectivity index (χ1v) is 10.4. The van der Waals surface area contributed by atoms with Gasteiger partial charge in [-0.15, -0.1) is 0 Å². The lowest BCUT2D eigenvalue weighted by atomic mass is 10.5. The molecule has 0 aliphatic carbocycles. The molecule has 0 fully saturated rings. The Kier molecular flexibility index (Phi) is 32.4. The highest BCUT2D eigenvalue weighted by Gasteiger charge is 1.92. The van der Waals surface area contributed by atoms with Gasteiger partial charge in [0.05, 0.1) is 19.8 Å². The van der Waals surface area contributed by atoms with Crippen LogP contribution in [0.3, 0.4) is 0 Å². The van der Waals surface area contributed by atoms with Gasteiger partial charge in [-0.25, -0.2) is 0 Å². The standard InChI is InChI=1S/3C7H14O3/c3*1-3-4-9-5-6-10-7(2)8/h3*3-6H2,1-2H3. The van der Waals surface area contributed by atoms with Gasteiger partial charge in [-0.05, 0) is 19.3 Å². The van der Waals surface area contributed by atoms with Crippen LogP contribution in [0.5, 0.6) is 0 Å². The van der Waals surface area contributed by atoms with E-state index in [0.717, 1.165) is 39.1 Å². The number of rotatable bonds is 15. The van der Waals surface area contributed by atoms with Gasteiger partial charge in [0.25, 0.3) is 0 Å². The first-order valence-electron chi connectivity index (χ1n) is 10.4. The van der Waals surface area contributed by atoms with Crippen LogP contribution in [0.25, 0.3) is 0 Å². The summed E-state index contributed by atoms with van der Waals surface area (Å²) in [5, 5.41) is 0. The minimum Gasteiger partial charge on any atom is -0.463 e. The summed E-state index contributed by atoms with van der Waals surface area (Å²) in [6, 6.07) is 0. The molecule has 0 radical (unpaired) electrons. The summed E-state index contributed by atoms with van der Waals surface area (Å²) >= 11 is 0. The molecule has 0 rings (SSSR count). The second-order valence-electron chi connectivity index (χ2n) is 5.86. The van der Waals surface area contributed by atoms with Gasteiger partial charge in [-0.2, -0.15) is 0 Å². The van der Waals surface area contributed by atoms with E-state index in [1.165, 1.54) is 20.8 Å². The fourth-order valence-electron chi connectivity index (χ4n) is 1.47. The summed E-state index contributed by atoms with van der Waals surface area (Å²) < 4.78 is 29.0. The van der Waals surface area contributed by atoms with E-state index in [2.05, 4.69) is 14.2 Å². The molecule has 0 unspecified atom stereocenters. The van der Waals surface area contributed by atoms with E-state index >= 15 is 0 Å². The van der Waals surface area contributed by atoms with Crippen LogP contribution in [0.1, 0.15) is 60.8 Å². The van der Waals surface area contributed by atoms with Crippen LogP contribution < -0.4 is 0 Å². The minimum absolute atomic E-state index is 0.250. The Hall–Kier alpha value is -1.71. The fourth-order valence-corrected chi connectivity index (χ4v) is 1.47. The van der Waals surface area contributed by atoms with E-state index in [1.807, 2.05) is 20.8 Å². The summed E-state index contributed by atoms with van der Waals surface area (Å²) in [6.45, 7) is 15.1. The van der Waals surface area contributed by atoms with Crippen LogP contribution >= 0.6 is 0 Å². The normalized spacial score (nSPS) is 9.40. The molecule has 0 saturated carbocycles. The molecule has 0 amide bonds. The van der Waals surface area contributed by atoms with Crippen molar-refractivity contribution < 1.29 is 42.8 Å². The molecule has 0 spiro atoms. The van der Waals surface area contributed by atoms with Crippen molar-refractivity contribution >= 4 is 17.9 Å². The van der Waals surface area contributed by atoms with Crippen molar-refractivity contribution in [1.29, 1.82) is 0 Å². The maximum atomic E-state index is 10.2. The third-order valence-corrected chi connectivity index (χ3v) is 2.64. The second kappa shape index (κ2) is 29.5. The molecule has 0 saturated heterocycles. The van der Waals surface area contributed by atoms with Crippen LogP contribution in [0.15, 0.2) is 0 Å². The zero-order valence-electron chi connectivity index (χ0n) is 19.7.